The van der Waals surface area contributed by atoms with Gasteiger partial charge in [0.2, 0.25) is 15.9 Å². The van der Waals surface area contributed by atoms with Crippen molar-refractivity contribution >= 4 is 10.0 Å². The molecule has 1 aromatic carbocycles. The third-order valence-electron chi connectivity index (χ3n) is 2.48. The molecular formula is C13H14N4O3S. The highest BCUT2D eigenvalue weighted by molar-refractivity contribution is 7.89. The summed E-state index contributed by atoms with van der Waals surface area (Å²) >= 11 is 0. The summed E-state index contributed by atoms with van der Waals surface area (Å²) in [6.45, 7) is 1.73. The van der Waals surface area contributed by atoms with Gasteiger partial charge in [-0.1, -0.05) is 29.1 Å². The van der Waals surface area contributed by atoms with E-state index in [1.807, 2.05) is 0 Å². The van der Waals surface area contributed by atoms with Gasteiger partial charge in [0, 0.05) is 5.56 Å². The minimum Gasteiger partial charge on any atom is -0.338 e. The molecule has 2 aromatic rings. The summed E-state index contributed by atoms with van der Waals surface area (Å²) in [5, 5.41) is 3.59. The molecule has 21 heavy (non-hydrogen) atoms. The molecule has 0 spiro atoms. The number of hydrogen-bond donors (Lipinski definition) is 2. The van der Waals surface area contributed by atoms with E-state index in [1.54, 1.807) is 25.1 Å². The fraction of sp³-hybridized carbons (Fsp3) is 0.231. The van der Waals surface area contributed by atoms with Crippen LogP contribution in [0.4, 0.5) is 0 Å². The smallest absolute Gasteiger partial charge is 0.242 e. The summed E-state index contributed by atoms with van der Waals surface area (Å²) in [5.41, 5.74) is 5.69. The topological polar surface area (TPSA) is 111 Å². The zero-order valence-corrected chi connectivity index (χ0v) is 12.1. The number of nitrogens with zero attached hydrogens (tertiary/aromatic N) is 2. The normalized spacial score (nSPS) is 11.0. The van der Waals surface area contributed by atoms with E-state index in [2.05, 4.69) is 26.7 Å². The summed E-state index contributed by atoms with van der Waals surface area (Å²) in [7, 11) is -3.73. The zero-order valence-electron chi connectivity index (χ0n) is 11.3. The maximum atomic E-state index is 12.3. The van der Waals surface area contributed by atoms with Gasteiger partial charge in [0.25, 0.3) is 0 Å². The van der Waals surface area contributed by atoms with E-state index in [0.29, 0.717) is 11.4 Å². The second-order valence-corrected chi connectivity index (χ2v) is 5.80. The molecule has 8 heteroatoms. The van der Waals surface area contributed by atoms with Crippen molar-refractivity contribution in [2.45, 2.75) is 18.4 Å². The van der Waals surface area contributed by atoms with E-state index in [-0.39, 0.29) is 23.9 Å². The molecule has 0 aliphatic rings. The number of aromatic nitrogens is 2. The van der Waals surface area contributed by atoms with Crippen LogP contribution in [0.5, 0.6) is 0 Å². The first-order valence-electron chi connectivity index (χ1n) is 6.10. The predicted octanol–water partition coefficient (Wildman–Crippen LogP) is 0.167. The molecule has 0 atom stereocenters. The lowest BCUT2D eigenvalue weighted by atomic mass is 10.2. The molecule has 0 fully saturated rings. The van der Waals surface area contributed by atoms with Crippen LogP contribution >= 0.6 is 0 Å². The van der Waals surface area contributed by atoms with Gasteiger partial charge in [0.1, 0.15) is 0 Å². The van der Waals surface area contributed by atoms with Crippen LogP contribution in [0, 0.1) is 18.8 Å². The number of nitrogens with one attached hydrogen (secondary N) is 1. The molecule has 1 aromatic heterocycles. The first kappa shape index (κ1) is 15.2. The molecule has 3 N–H and O–H groups in total. The molecule has 0 saturated carbocycles. The monoisotopic (exact) mass is 306 g/mol. The van der Waals surface area contributed by atoms with Crippen LogP contribution in [-0.4, -0.2) is 25.1 Å². The fourth-order valence-electron chi connectivity index (χ4n) is 1.60. The van der Waals surface area contributed by atoms with Crippen LogP contribution in [0.3, 0.4) is 0 Å². The number of aryl methyl sites for hydroxylation is 1. The van der Waals surface area contributed by atoms with Gasteiger partial charge in [-0.2, -0.15) is 4.98 Å². The Morgan fingerprint density at radius 1 is 1.38 bits per heavy atom. The number of nitrogens with two attached hydrogens (primary N) is 1. The average molecular weight is 306 g/mol. The Morgan fingerprint density at radius 2 is 2.14 bits per heavy atom. The van der Waals surface area contributed by atoms with E-state index in [1.165, 1.54) is 6.07 Å². The summed E-state index contributed by atoms with van der Waals surface area (Å²) in [6, 6.07) is 6.43. The van der Waals surface area contributed by atoms with Crippen molar-refractivity contribution in [3.05, 3.63) is 41.5 Å². The molecule has 0 aliphatic carbocycles. The highest BCUT2D eigenvalue weighted by Crippen LogP contribution is 2.14. The molecule has 0 radical (unpaired) electrons. The van der Waals surface area contributed by atoms with Gasteiger partial charge in [0.15, 0.2) is 5.82 Å². The minimum atomic E-state index is -3.73. The van der Waals surface area contributed by atoms with Crippen LogP contribution in [-0.2, 0) is 16.6 Å². The Hall–Kier alpha value is -2.21. The van der Waals surface area contributed by atoms with Gasteiger partial charge < -0.3 is 10.3 Å². The Balaban J connectivity index is 2.23. The van der Waals surface area contributed by atoms with E-state index in [0.717, 1.165) is 0 Å². The van der Waals surface area contributed by atoms with Gasteiger partial charge in [-0.15, -0.1) is 0 Å². The van der Waals surface area contributed by atoms with Crippen molar-refractivity contribution in [1.29, 1.82) is 0 Å². The highest BCUT2D eigenvalue weighted by Gasteiger charge is 2.18. The summed E-state index contributed by atoms with van der Waals surface area (Å²) < 4.78 is 31.8. The van der Waals surface area contributed by atoms with Crippen LogP contribution in [0.25, 0.3) is 0 Å². The molecule has 0 aliphatic heterocycles. The number of hydrogen-bond acceptors (Lipinski definition) is 6. The maximum Gasteiger partial charge on any atom is 0.242 e. The van der Waals surface area contributed by atoms with Gasteiger partial charge in [-0.25, -0.2) is 13.1 Å². The lowest BCUT2D eigenvalue weighted by Crippen LogP contribution is -2.24. The van der Waals surface area contributed by atoms with Crippen LogP contribution in [0.1, 0.15) is 17.3 Å². The zero-order chi connectivity index (χ0) is 15.3. The van der Waals surface area contributed by atoms with Gasteiger partial charge in [0.05, 0.1) is 18.0 Å². The minimum absolute atomic E-state index is 0.0815. The fourth-order valence-corrected chi connectivity index (χ4v) is 2.73. The van der Waals surface area contributed by atoms with Crippen LogP contribution < -0.4 is 10.5 Å². The number of rotatable bonds is 4. The highest BCUT2D eigenvalue weighted by atomic mass is 32.2. The molecule has 0 amide bonds. The predicted molar refractivity (Wildman–Crippen MR) is 75.4 cm³/mol. The van der Waals surface area contributed by atoms with Crippen molar-refractivity contribution < 1.29 is 12.9 Å². The summed E-state index contributed by atoms with van der Waals surface area (Å²) in [4.78, 5) is 4.02. The Labute approximate surface area is 122 Å². The first-order chi connectivity index (χ1) is 10.0. The molecule has 7 nitrogen and oxygen atoms in total. The SMILES string of the molecule is Cc1noc(CNS(=O)(=O)c2ccccc2C#CCN)n1. The number of sulfonamides is 1. The van der Waals surface area contributed by atoms with Gasteiger partial charge in [-0.3, -0.25) is 0 Å². The molecule has 110 valence electrons. The van der Waals surface area contributed by atoms with Crippen LogP contribution in [0.15, 0.2) is 33.7 Å². The van der Waals surface area contributed by atoms with Gasteiger partial charge >= 0.3 is 0 Å². The molecule has 0 bridgehead atoms. The van der Waals surface area contributed by atoms with Gasteiger partial charge in [-0.05, 0) is 19.1 Å². The largest absolute Gasteiger partial charge is 0.338 e. The van der Waals surface area contributed by atoms with E-state index >= 15 is 0 Å². The molecule has 2 rings (SSSR count). The average Bonchev–Trinajstić information content (AvgIpc) is 2.89. The van der Waals surface area contributed by atoms with Crippen molar-refractivity contribution in [2.75, 3.05) is 6.54 Å². The molecule has 0 unspecified atom stereocenters. The van der Waals surface area contributed by atoms with E-state index in [9.17, 15) is 8.42 Å². The standard InChI is InChI=1S/C13H14N4O3S/c1-10-16-13(20-17-10)9-15-21(18,19)12-7-3-2-5-11(12)6-4-8-14/h2-3,5,7,15H,8-9,14H2,1H3. The summed E-state index contributed by atoms with van der Waals surface area (Å²) in [5.74, 6) is 6.01. The molecule has 0 saturated heterocycles. The Kier molecular flexibility index (Phi) is 4.70. The number of benzene rings is 1. The Bertz CT molecular complexity index is 787. The Morgan fingerprint density at radius 3 is 2.81 bits per heavy atom. The van der Waals surface area contributed by atoms with Crippen molar-refractivity contribution in [3.8, 4) is 11.8 Å². The molecular weight excluding hydrogens is 292 g/mol. The lowest BCUT2D eigenvalue weighted by Gasteiger charge is -2.06. The van der Waals surface area contributed by atoms with Crippen LogP contribution in [0.2, 0.25) is 0 Å². The van der Waals surface area contributed by atoms with E-state index in [4.69, 9.17) is 10.3 Å². The second kappa shape index (κ2) is 6.49. The van der Waals surface area contributed by atoms with E-state index < -0.39 is 10.0 Å². The van der Waals surface area contributed by atoms with Crippen molar-refractivity contribution in [1.82, 2.24) is 14.9 Å². The van der Waals surface area contributed by atoms with Crippen molar-refractivity contribution in [3.63, 3.8) is 0 Å². The third-order valence-corrected chi connectivity index (χ3v) is 3.94. The van der Waals surface area contributed by atoms with Crippen molar-refractivity contribution in [2.24, 2.45) is 5.73 Å². The second-order valence-electron chi connectivity index (χ2n) is 4.06. The first-order valence-corrected chi connectivity index (χ1v) is 7.58. The maximum absolute atomic E-state index is 12.3. The lowest BCUT2D eigenvalue weighted by molar-refractivity contribution is 0.372. The quantitative estimate of drug-likeness (QED) is 0.779. The summed E-state index contributed by atoms with van der Waals surface area (Å²) in [6.07, 6.45) is 0. The molecule has 1 heterocycles. The third kappa shape index (κ3) is 3.88.